The Morgan fingerprint density at radius 1 is 1.06 bits per heavy atom. The van der Waals surface area contributed by atoms with Gasteiger partial charge in [0.1, 0.15) is 5.75 Å². The molecule has 0 amide bonds. The Morgan fingerprint density at radius 3 is 2.30 bits per heavy atom. The van der Waals surface area contributed by atoms with Gasteiger partial charge in [0.2, 0.25) is 0 Å². The van der Waals surface area contributed by atoms with Crippen molar-refractivity contribution in [3.63, 3.8) is 0 Å². The van der Waals surface area contributed by atoms with E-state index in [9.17, 15) is 14.9 Å². The van der Waals surface area contributed by atoms with Gasteiger partial charge in [-0.3, -0.25) is 9.59 Å². The van der Waals surface area contributed by atoms with Crippen LogP contribution in [0.5, 0.6) is 5.75 Å². The van der Waals surface area contributed by atoms with Crippen LogP contribution in [0.3, 0.4) is 0 Å². The van der Waals surface area contributed by atoms with Crippen LogP contribution in [0.2, 0.25) is 0 Å². The van der Waals surface area contributed by atoms with Gasteiger partial charge >= 0.3 is 5.97 Å². The predicted octanol–water partition coefficient (Wildman–Crippen LogP) is 4.36. The molecule has 170 valence electrons. The highest BCUT2D eigenvalue weighted by Gasteiger charge is 2.67. The lowest BCUT2D eigenvalue weighted by molar-refractivity contribution is -0.150. The maximum Gasteiger partial charge on any atom is 0.329 e. The molecule has 2 heterocycles. The van der Waals surface area contributed by atoms with Gasteiger partial charge in [0, 0.05) is 17.0 Å². The number of anilines is 1. The van der Waals surface area contributed by atoms with Crippen molar-refractivity contribution in [1.82, 2.24) is 0 Å². The zero-order valence-corrected chi connectivity index (χ0v) is 19.5. The zero-order valence-electron chi connectivity index (χ0n) is 19.5. The molecule has 0 spiro atoms. The minimum Gasteiger partial charge on any atom is -0.497 e. The lowest BCUT2D eigenvalue weighted by Gasteiger charge is -2.37. The summed E-state index contributed by atoms with van der Waals surface area (Å²) in [5.74, 6) is -0.777. The minimum absolute atomic E-state index is 0.0422. The molecule has 4 atom stereocenters. The number of benzene rings is 2. The summed E-state index contributed by atoms with van der Waals surface area (Å²) >= 11 is 0. The second-order valence-electron chi connectivity index (χ2n) is 9.55. The number of hydrogen-bond donors (Lipinski definition) is 0. The molecule has 6 heteroatoms. The second-order valence-corrected chi connectivity index (χ2v) is 9.55. The number of carbonyl (C=O) groups is 2. The summed E-state index contributed by atoms with van der Waals surface area (Å²) in [6.45, 7) is 5.60. The molecule has 0 aromatic heterocycles. The first-order chi connectivity index (χ1) is 15.7. The third-order valence-electron chi connectivity index (χ3n) is 6.74. The van der Waals surface area contributed by atoms with Gasteiger partial charge in [0.15, 0.2) is 11.2 Å². The first-order valence-corrected chi connectivity index (χ1v) is 10.9. The van der Waals surface area contributed by atoms with Crippen molar-refractivity contribution >= 4 is 23.5 Å². The van der Waals surface area contributed by atoms with E-state index in [1.807, 2.05) is 74.2 Å². The van der Waals surface area contributed by atoms with Crippen molar-refractivity contribution < 1.29 is 19.1 Å². The number of nitriles is 1. The van der Waals surface area contributed by atoms with E-state index in [4.69, 9.17) is 9.47 Å². The number of methoxy groups -OCH3 is 2. The number of ketones is 1. The Kier molecular flexibility index (Phi) is 5.53. The van der Waals surface area contributed by atoms with Gasteiger partial charge in [-0.15, -0.1) is 0 Å². The third kappa shape index (κ3) is 3.31. The molecule has 2 aromatic carbocycles. The molecule has 0 aliphatic carbocycles. The summed E-state index contributed by atoms with van der Waals surface area (Å²) in [5, 5.41) is 10.6. The number of rotatable bonds is 4. The molecule has 0 unspecified atom stereocenters. The molecule has 0 radical (unpaired) electrons. The number of carbonyl (C=O) groups excluding carboxylic acids is 2. The lowest BCUT2D eigenvalue weighted by atomic mass is 9.67. The van der Waals surface area contributed by atoms with Crippen LogP contribution in [-0.4, -0.2) is 38.1 Å². The molecule has 0 bridgehead atoms. The maximum atomic E-state index is 14.0. The smallest absolute Gasteiger partial charge is 0.329 e. The van der Waals surface area contributed by atoms with Crippen LogP contribution in [0, 0.1) is 22.2 Å². The molecule has 1 saturated heterocycles. The van der Waals surface area contributed by atoms with Crippen LogP contribution < -0.4 is 9.64 Å². The van der Waals surface area contributed by atoms with Crippen molar-refractivity contribution in [2.24, 2.45) is 10.8 Å². The van der Waals surface area contributed by atoms with E-state index in [2.05, 4.69) is 6.07 Å². The van der Waals surface area contributed by atoms with Crippen LogP contribution in [-0.2, 0) is 14.3 Å². The largest absolute Gasteiger partial charge is 0.497 e. The number of hydrogen-bond acceptors (Lipinski definition) is 6. The molecule has 2 aliphatic heterocycles. The van der Waals surface area contributed by atoms with Crippen molar-refractivity contribution in [2.45, 2.75) is 38.8 Å². The van der Waals surface area contributed by atoms with Crippen molar-refractivity contribution in [3.8, 4) is 11.8 Å². The van der Waals surface area contributed by atoms with Crippen LogP contribution in [0.4, 0.5) is 5.69 Å². The Labute approximate surface area is 194 Å². The van der Waals surface area contributed by atoms with Gasteiger partial charge in [-0.25, -0.2) is 0 Å². The van der Waals surface area contributed by atoms with Crippen LogP contribution >= 0.6 is 0 Å². The average Bonchev–Trinajstić information content (AvgIpc) is 3.13. The summed E-state index contributed by atoms with van der Waals surface area (Å²) in [5.41, 5.74) is 0.168. The highest BCUT2D eigenvalue weighted by Crippen LogP contribution is 2.57. The fraction of sp³-hybridized carbons (Fsp3) is 0.370. The highest BCUT2D eigenvalue weighted by molar-refractivity contribution is 5.99. The van der Waals surface area contributed by atoms with Crippen molar-refractivity contribution in [1.29, 1.82) is 5.26 Å². The topological polar surface area (TPSA) is 79.6 Å². The number of esters is 1. The average molecular weight is 445 g/mol. The number of Topliss-reactive ketones (excluding diaryl/α,β-unsaturated/α-hetero) is 1. The van der Waals surface area contributed by atoms with E-state index >= 15 is 0 Å². The lowest BCUT2D eigenvalue weighted by Crippen LogP contribution is -2.48. The van der Waals surface area contributed by atoms with Gasteiger partial charge in [0.05, 0.1) is 32.4 Å². The van der Waals surface area contributed by atoms with E-state index in [1.54, 1.807) is 19.2 Å². The molecule has 2 aromatic rings. The molecule has 0 N–H and O–H groups in total. The fourth-order valence-corrected chi connectivity index (χ4v) is 5.16. The van der Waals surface area contributed by atoms with E-state index in [0.717, 1.165) is 11.3 Å². The van der Waals surface area contributed by atoms with Crippen LogP contribution in [0.1, 0.15) is 37.8 Å². The Morgan fingerprint density at radius 2 is 1.73 bits per heavy atom. The van der Waals surface area contributed by atoms with Crippen LogP contribution in [0.25, 0.3) is 6.08 Å². The Hall–Kier alpha value is -3.59. The highest BCUT2D eigenvalue weighted by atomic mass is 16.5. The monoisotopic (exact) mass is 444 g/mol. The zero-order chi connectivity index (χ0) is 24.0. The SMILES string of the molecule is COC(=O)[C@@]1(C#N)[C@H](c2ccc(OC)cc2)[C@@H](C(=O)C(C)(C)C)N2c3ccccc3C=C[C@@H]21. The number of nitrogens with zero attached hydrogens (tertiary/aromatic N) is 2. The van der Waals surface area contributed by atoms with Gasteiger partial charge < -0.3 is 14.4 Å². The number of ether oxygens (including phenoxy) is 2. The Balaban J connectivity index is 2.04. The van der Waals surface area contributed by atoms with Gasteiger partial charge in [-0.05, 0) is 29.3 Å². The number of fused-ring (bicyclic) bond motifs is 3. The molecule has 4 rings (SSSR count). The summed E-state index contributed by atoms with van der Waals surface area (Å²) in [6, 6.07) is 15.9. The molecule has 6 nitrogen and oxygen atoms in total. The Bertz CT molecular complexity index is 1160. The molecule has 0 saturated carbocycles. The van der Waals surface area contributed by atoms with E-state index in [-0.39, 0.29) is 5.78 Å². The van der Waals surface area contributed by atoms with Gasteiger partial charge in [0.25, 0.3) is 0 Å². The summed E-state index contributed by atoms with van der Waals surface area (Å²) in [7, 11) is 2.86. The van der Waals surface area contributed by atoms with E-state index in [0.29, 0.717) is 11.3 Å². The fourth-order valence-electron chi connectivity index (χ4n) is 5.16. The molecule has 33 heavy (non-hydrogen) atoms. The minimum atomic E-state index is -1.61. The molecular weight excluding hydrogens is 416 g/mol. The summed E-state index contributed by atoms with van der Waals surface area (Å²) < 4.78 is 10.5. The maximum absolute atomic E-state index is 14.0. The number of para-hydroxylation sites is 1. The molecule has 1 fully saturated rings. The van der Waals surface area contributed by atoms with E-state index < -0.39 is 34.8 Å². The van der Waals surface area contributed by atoms with Crippen molar-refractivity contribution in [2.75, 3.05) is 19.1 Å². The predicted molar refractivity (Wildman–Crippen MR) is 126 cm³/mol. The van der Waals surface area contributed by atoms with Gasteiger partial charge in [-0.2, -0.15) is 5.26 Å². The summed E-state index contributed by atoms with van der Waals surface area (Å²) in [4.78, 5) is 29.4. The first kappa shape index (κ1) is 22.6. The van der Waals surface area contributed by atoms with Crippen molar-refractivity contribution in [3.05, 3.63) is 65.7 Å². The van der Waals surface area contributed by atoms with E-state index in [1.165, 1.54) is 7.11 Å². The van der Waals surface area contributed by atoms with Crippen LogP contribution in [0.15, 0.2) is 54.6 Å². The molecule has 2 aliphatic rings. The molecular formula is C27H28N2O4. The quantitative estimate of drug-likeness (QED) is 0.652. The normalized spacial score (nSPS) is 25.6. The van der Waals surface area contributed by atoms with Gasteiger partial charge in [-0.1, -0.05) is 63.3 Å². The summed E-state index contributed by atoms with van der Waals surface area (Å²) in [6.07, 6.45) is 3.77. The standard InChI is InChI=1S/C27H28N2O4/c1-26(2,3)24(30)23-22(18-10-13-19(32-4)14-11-18)27(16-28,25(31)33-5)21-15-12-17-8-6-7-9-20(17)29(21)23/h6-15,21-23H,1-5H3/t21-,22-,23+,27-/m1/s1. The first-order valence-electron chi connectivity index (χ1n) is 10.9. The second kappa shape index (κ2) is 8.08. The third-order valence-corrected chi connectivity index (χ3v) is 6.74.